The molecular weight excluding hydrogens is 178 g/mol. The van der Waals surface area contributed by atoms with E-state index in [1.54, 1.807) is 0 Å². The number of rotatable bonds is 6. The zero-order valence-corrected chi connectivity index (χ0v) is 10.2. The molecule has 0 heterocycles. The van der Waals surface area contributed by atoms with Crippen molar-refractivity contribution in [1.82, 2.24) is 5.32 Å². The molecule has 0 saturated heterocycles. The van der Waals surface area contributed by atoms with Crippen LogP contribution in [-0.2, 0) is 4.74 Å². The maximum atomic E-state index is 9.10. The van der Waals surface area contributed by atoms with Crippen molar-refractivity contribution in [3.05, 3.63) is 0 Å². The first-order valence-electron chi connectivity index (χ1n) is 5.20. The molecule has 0 aliphatic carbocycles. The van der Waals surface area contributed by atoms with Crippen LogP contribution in [0.2, 0.25) is 0 Å². The molecule has 0 radical (unpaired) electrons. The molecule has 1 atom stereocenters. The lowest BCUT2D eigenvalue weighted by Crippen LogP contribution is -2.47. The Labute approximate surface area is 87.8 Å². The quantitative estimate of drug-likeness (QED) is 0.641. The highest BCUT2D eigenvalue weighted by Gasteiger charge is 2.21. The van der Waals surface area contributed by atoms with Crippen LogP contribution in [0.5, 0.6) is 0 Å². The van der Waals surface area contributed by atoms with Crippen LogP contribution < -0.4 is 5.32 Å². The Kier molecular flexibility index (Phi) is 5.64. The van der Waals surface area contributed by atoms with Gasteiger partial charge in [0.05, 0.1) is 18.8 Å². The van der Waals surface area contributed by atoms with Gasteiger partial charge in [-0.15, -0.1) is 0 Å². The van der Waals surface area contributed by atoms with Gasteiger partial charge in [0.25, 0.3) is 0 Å². The predicted molar refractivity (Wildman–Crippen MR) is 59.4 cm³/mol. The number of aliphatic hydroxyl groups excluding tert-OH is 1. The molecule has 0 amide bonds. The average molecular weight is 203 g/mol. The fourth-order valence-corrected chi connectivity index (χ4v) is 0.873. The van der Waals surface area contributed by atoms with Crippen LogP contribution in [0.4, 0.5) is 0 Å². The number of hydrogen-bond acceptors (Lipinski definition) is 3. The summed E-state index contributed by atoms with van der Waals surface area (Å²) in [5.74, 6) is 0. The number of ether oxygens (including phenoxy) is 1. The molecule has 0 aliphatic heterocycles. The molecule has 0 aromatic carbocycles. The van der Waals surface area contributed by atoms with Crippen LogP contribution >= 0.6 is 0 Å². The summed E-state index contributed by atoms with van der Waals surface area (Å²) in [7, 11) is 1.84. The third-order valence-corrected chi connectivity index (χ3v) is 2.37. The van der Waals surface area contributed by atoms with Gasteiger partial charge in [-0.1, -0.05) is 20.8 Å². The van der Waals surface area contributed by atoms with E-state index in [9.17, 15) is 0 Å². The summed E-state index contributed by atoms with van der Waals surface area (Å²) < 4.78 is 5.53. The molecule has 0 aliphatic rings. The Balaban J connectivity index is 3.63. The first-order valence-corrected chi connectivity index (χ1v) is 5.20. The number of nitrogens with one attached hydrogen (secondary N) is 1. The van der Waals surface area contributed by atoms with Gasteiger partial charge in [-0.05, 0) is 25.8 Å². The summed E-state index contributed by atoms with van der Waals surface area (Å²) in [6.45, 7) is 9.93. The Morgan fingerprint density at radius 1 is 1.21 bits per heavy atom. The van der Waals surface area contributed by atoms with E-state index in [1.165, 1.54) is 0 Å². The van der Waals surface area contributed by atoms with E-state index >= 15 is 0 Å². The van der Waals surface area contributed by atoms with Gasteiger partial charge in [-0.25, -0.2) is 0 Å². The minimum Gasteiger partial charge on any atom is -0.394 e. The molecule has 3 nitrogen and oxygen atoms in total. The topological polar surface area (TPSA) is 41.5 Å². The molecule has 1 unspecified atom stereocenters. The van der Waals surface area contributed by atoms with E-state index in [4.69, 9.17) is 9.84 Å². The number of aliphatic hydroxyl groups is 1. The molecule has 2 N–H and O–H groups in total. The highest BCUT2D eigenvalue weighted by atomic mass is 16.5. The largest absolute Gasteiger partial charge is 0.394 e. The molecule has 0 rings (SSSR count). The minimum absolute atomic E-state index is 0.0962. The van der Waals surface area contributed by atoms with Crippen molar-refractivity contribution < 1.29 is 9.84 Å². The maximum absolute atomic E-state index is 9.10. The molecule has 86 valence electrons. The molecule has 0 aromatic heterocycles. The second-order valence-corrected chi connectivity index (χ2v) is 5.33. The van der Waals surface area contributed by atoms with Gasteiger partial charge in [0.15, 0.2) is 0 Å². The van der Waals surface area contributed by atoms with Crippen LogP contribution in [0.25, 0.3) is 0 Å². The second-order valence-electron chi connectivity index (χ2n) is 5.33. The van der Waals surface area contributed by atoms with Gasteiger partial charge in [-0.2, -0.15) is 0 Å². The van der Waals surface area contributed by atoms with Crippen LogP contribution in [0.15, 0.2) is 0 Å². The van der Waals surface area contributed by atoms with Crippen molar-refractivity contribution in [2.75, 3.05) is 26.9 Å². The summed E-state index contributed by atoms with van der Waals surface area (Å²) in [5, 5.41) is 12.2. The molecule has 0 bridgehead atoms. The van der Waals surface area contributed by atoms with Crippen LogP contribution in [0, 0.1) is 5.41 Å². The molecule has 14 heavy (non-hydrogen) atoms. The van der Waals surface area contributed by atoms with E-state index < -0.39 is 0 Å². The Morgan fingerprint density at radius 3 is 2.14 bits per heavy atom. The summed E-state index contributed by atoms with van der Waals surface area (Å²) in [5.41, 5.74) is 0.00709. The van der Waals surface area contributed by atoms with Crippen molar-refractivity contribution in [1.29, 1.82) is 0 Å². The first-order chi connectivity index (χ1) is 6.33. The van der Waals surface area contributed by atoms with Crippen molar-refractivity contribution in [3.8, 4) is 0 Å². The van der Waals surface area contributed by atoms with E-state index in [0.29, 0.717) is 12.0 Å². The highest BCUT2D eigenvalue weighted by molar-refractivity contribution is 4.79. The first kappa shape index (κ1) is 13.9. The average Bonchev–Trinajstić information content (AvgIpc) is 2.11. The lowest BCUT2D eigenvalue weighted by Gasteiger charge is -2.27. The van der Waals surface area contributed by atoms with E-state index in [2.05, 4.69) is 26.1 Å². The van der Waals surface area contributed by atoms with Crippen molar-refractivity contribution in [2.45, 2.75) is 39.7 Å². The predicted octanol–water partition coefficient (Wildman–Crippen LogP) is 1.41. The Morgan fingerprint density at radius 2 is 1.79 bits per heavy atom. The minimum atomic E-state index is -0.308. The van der Waals surface area contributed by atoms with E-state index in [1.807, 2.05) is 14.0 Å². The molecule has 0 spiro atoms. The van der Waals surface area contributed by atoms with E-state index in [-0.39, 0.29) is 12.1 Å². The molecule has 0 aromatic rings. The molecular formula is C11H25NO2. The highest BCUT2D eigenvalue weighted by Crippen LogP contribution is 2.18. The number of hydrogen-bond donors (Lipinski definition) is 2. The third kappa shape index (κ3) is 6.35. The van der Waals surface area contributed by atoms with E-state index in [0.717, 1.165) is 13.0 Å². The van der Waals surface area contributed by atoms with Crippen molar-refractivity contribution in [3.63, 3.8) is 0 Å². The van der Waals surface area contributed by atoms with Crippen molar-refractivity contribution >= 4 is 0 Å². The van der Waals surface area contributed by atoms with Gasteiger partial charge in [0, 0.05) is 6.61 Å². The third-order valence-electron chi connectivity index (χ3n) is 2.37. The monoisotopic (exact) mass is 203 g/mol. The van der Waals surface area contributed by atoms with Gasteiger partial charge >= 0.3 is 0 Å². The second kappa shape index (κ2) is 5.69. The fourth-order valence-electron chi connectivity index (χ4n) is 0.873. The van der Waals surface area contributed by atoms with Crippen LogP contribution in [-0.4, -0.2) is 37.5 Å². The molecule has 3 heteroatoms. The lowest BCUT2D eigenvalue weighted by atomic mass is 9.93. The van der Waals surface area contributed by atoms with Gasteiger partial charge in [0.2, 0.25) is 0 Å². The summed E-state index contributed by atoms with van der Waals surface area (Å²) in [6.07, 6.45) is 1.04. The maximum Gasteiger partial charge on any atom is 0.0668 e. The Bertz CT molecular complexity index is 148. The van der Waals surface area contributed by atoms with Gasteiger partial charge in [0.1, 0.15) is 0 Å². The SMILES string of the molecule is CNC(C)(CO)COCCC(C)(C)C. The smallest absolute Gasteiger partial charge is 0.0668 e. The summed E-state index contributed by atoms with van der Waals surface area (Å²) in [4.78, 5) is 0. The zero-order chi connectivity index (χ0) is 11.2. The van der Waals surface area contributed by atoms with Gasteiger partial charge < -0.3 is 15.2 Å². The van der Waals surface area contributed by atoms with Crippen LogP contribution in [0.1, 0.15) is 34.1 Å². The normalized spacial score (nSPS) is 16.7. The van der Waals surface area contributed by atoms with Crippen LogP contribution in [0.3, 0.4) is 0 Å². The summed E-state index contributed by atoms with van der Waals surface area (Å²) in [6, 6.07) is 0. The lowest BCUT2D eigenvalue weighted by molar-refractivity contribution is 0.0374. The Hall–Kier alpha value is -0.120. The summed E-state index contributed by atoms with van der Waals surface area (Å²) >= 11 is 0. The van der Waals surface area contributed by atoms with Crippen molar-refractivity contribution in [2.24, 2.45) is 5.41 Å². The zero-order valence-electron chi connectivity index (χ0n) is 10.2. The standard InChI is InChI=1S/C11H25NO2/c1-10(2,3)6-7-14-9-11(4,8-13)12-5/h12-13H,6-9H2,1-5H3. The fraction of sp³-hybridized carbons (Fsp3) is 1.00. The molecule has 0 fully saturated rings. The molecule has 0 saturated carbocycles. The number of likely N-dealkylation sites (N-methyl/N-ethyl adjacent to an activating group) is 1. The van der Waals surface area contributed by atoms with Gasteiger partial charge in [-0.3, -0.25) is 0 Å².